The van der Waals surface area contributed by atoms with Crippen LogP contribution in [0.1, 0.15) is 52.7 Å². The van der Waals surface area contributed by atoms with E-state index in [0.29, 0.717) is 12.2 Å². The molecule has 2 aromatic carbocycles. The molecule has 1 aromatic heterocycles. The van der Waals surface area contributed by atoms with Crippen molar-refractivity contribution in [2.75, 3.05) is 6.61 Å². The number of esters is 1. The molecule has 0 aliphatic carbocycles. The number of carbonyl (C=O) groups is 1. The highest BCUT2D eigenvalue weighted by Gasteiger charge is 2.04. The summed E-state index contributed by atoms with van der Waals surface area (Å²) in [7, 11) is 0. The van der Waals surface area contributed by atoms with Crippen LogP contribution in [0.15, 0.2) is 84.7 Å². The van der Waals surface area contributed by atoms with Gasteiger partial charge < -0.3 is 4.74 Å². The highest BCUT2D eigenvalue weighted by Crippen LogP contribution is 2.18. The van der Waals surface area contributed by atoms with E-state index in [2.05, 4.69) is 61.0 Å². The fraction of sp³-hybridized carbons (Fsp3) is 0.286. The van der Waals surface area contributed by atoms with Crippen molar-refractivity contribution in [1.29, 1.82) is 0 Å². The number of ether oxygens (including phenoxy) is 1. The van der Waals surface area contributed by atoms with E-state index in [0.717, 1.165) is 23.1 Å². The molecule has 1 heterocycles. The average molecular weight is 418 g/mol. The molecule has 0 saturated carbocycles. The molecular formula is C28H35NO2. The molecular weight excluding hydrogens is 382 g/mol. The molecule has 0 fully saturated rings. The van der Waals surface area contributed by atoms with Crippen molar-refractivity contribution in [3.63, 3.8) is 0 Å². The Balaban J connectivity index is 0.000000236. The van der Waals surface area contributed by atoms with Crippen LogP contribution >= 0.6 is 0 Å². The summed E-state index contributed by atoms with van der Waals surface area (Å²) in [5.74, 6) is -0.206. The molecule has 164 valence electrons. The van der Waals surface area contributed by atoms with Gasteiger partial charge in [-0.3, -0.25) is 4.98 Å². The number of fused-ring (bicyclic) bond motifs is 1. The molecule has 0 unspecified atom stereocenters. The molecule has 0 aliphatic rings. The molecule has 3 rings (SSSR count). The van der Waals surface area contributed by atoms with Crippen molar-refractivity contribution in [3.8, 4) is 0 Å². The monoisotopic (exact) mass is 417 g/mol. The van der Waals surface area contributed by atoms with Gasteiger partial charge in [0.05, 0.1) is 6.61 Å². The van der Waals surface area contributed by atoms with E-state index >= 15 is 0 Å². The number of aryl methyl sites for hydroxylation is 1. The van der Waals surface area contributed by atoms with Crippen LogP contribution in [0.25, 0.3) is 16.3 Å². The van der Waals surface area contributed by atoms with E-state index in [9.17, 15) is 4.79 Å². The smallest absolute Gasteiger partial charge is 0.333 e. The fourth-order valence-electron chi connectivity index (χ4n) is 2.66. The van der Waals surface area contributed by atoms with Gasteiger partial charge in [-0.15, -0.1) is 0 Å². The van der Waals surface area contributed by atoms with Gasteiger partial charge in [0.1, 0.15) is 0 Å². The van der Waals surface area contributed by atoms with Gasteiger partial charge in [0.25, 0.3) is 0 Å². The first kappa shape index (κ1) is 25.8. The van der Waals surface area contributed by atoms with Crippen LogP contribution < -0.4 is 0 Å². The molecule has 0 atom stereocenters. The lowest BCUT2D eigenvalue weighted by atomic mass is 10.0. The summed E-state index contributed by atoms with van der Waals surface area (Å²) in [6.45, 7) is 15.8. The number of hydrogen-bond donors (Lipinski definition) is 0. The third-order valence-electron chi connectivity index (χ3n) is 4.75. The number of hydrogen-bond acceptors (Lipinski definition) is 3. The predicted molar refractivity (Wildman–Crippen MR) is 133 cm³/mol. The highest BCUT2D eigenvalue weighted by atomic mass is 16.5. The molecule has 0 bridgehead atoms. The molecule has 0 aliphatic heterocycles. The van der Waals surface area contributed by atoms with Crippen LogP contribution in [0.5, 0.6) is 0 Å². The molecule has 3 nitrogen and oxygen atoms in total. The van der Waals surface area contributed by atoms with Gasteiger partial charge in [-0.1, -0.05) is 67.6 Å². The number of allylic oxidation sites excluding steroid dienone is 2. The summed E-state index contributed by atoms with van der Waals surface area (Å²) in [4.78, 5) is 14.8. The van der Waals surface area contributed by atoms with E-state index < -0.39 is 0 Å². The minimum Gasteiger partial charge on any atom is -0.463 e. The first-order chi connectivity index (χ1) is 14.8. The van der Waals surface area contributed by atoms with Crippen molar-refractivity contribution in [1.82, 2.24) is 4.98 Å². The SMILES string of the molecule is C=C(C)c1cccnc1.CCOC(=O)C(C)=C(C)C.CCc1cccc2ccccc12. The lowest BCUT2D eigenvalue weighted by molar-refractivity contribution is -0.138. The van der Waals surface area contributed by atoms with Crippen molar-refractivity contribution >= 4 is 22.3 Å². The lowest BCUT2D eigenvalue weighted by Gasteiger charge is -2.02. The largest absolute Gasteiger partial charge is 0.463 e. The van der Waals surface area contributed by atoms with E-state index in [1.54, 1.807) is 20.0 Å². The number of benzene rings is 2. The average Bonchev–Trinajstić information content (AvgIpc) is 2.79. The molecule has 0 saturated heterocycles. The number of pyridine rings is 1. The molecule has 0 radical (unpaired) electrons. The Morgan fingerprint density at radius 2 is 1.61 bits per heavy atom. The number of carbonyl (C=O) groups excluding carboxylic acids is 1. The summed E-state index contributed by atoms with van der Waals surface area (Å²) in [6, 6.07) is 18.9. The summed E-state index contributed by atoms with van der Waals surface area (Å²) < 4.78 is 4.77. The van der Waals surface area contributed by atoms with Crippen molar-refractivity contribution in [3.05, 3.63) is 95.8 Å². The minimum absolute atomic E-state index is 0.206. The lowest BCUT2D eigenvalue weighted by Crippen LogP contribution is -2.05. The number of aromatic nitrogens is 1. The van der Waals surface area contributed by atoms with Gasteiger partial charge in [-0.05, 0) is 74.6 Å². The van der Waals surface area contributed by atoms with Crippen LogP contribution in [-0.4, -0.2) is 17.6 Å². The van der Waals surface area contributed by atoms with Gasteiger partial charge in [-0.25, -0.2) is 4.79 Å². The maximum Gasteiger partial charge on any atom is 0.333 e. The molecule has 3 heteroatoms. The van der Waals surface area contributed by atoms with E-state index in [1.807, 2.05) is 39.1 Å². The van der Waals surface area contributed by atoms with Crippen molar-refractivity contribution < 1.29 is 9.53 Å². The molecule has 31 heavy (non-hydrogen) atoms. The second-order valence-corrected chi connectivity index (χ2v) is 7.36. The van der Waals surface area contributed by atoms with Gasteiger partial charge in [0.15, 0.2) is 0 Å². The second kappa shape index (κ2) is 13.9. The minimum atomic E-state index is -0.206. The number of nitrogens with zero attached hydrogens (tertiary/aromatic N) is 1. The Kier molecular flexibility index (Phi) is 11.6. The van der Waals surface area contributed by atoms with Crippen molar-refractivity contribution in [2.24, 2.45) is 0 Å². The second-order valence-electron chi connectivity index (χ2n) is 7.36. The zero-order valence-corrected chi connectivity index (χ0v) is 19.7. The van der Waals surface area contributed by atoms with Crippen LogP contribution in [0.4, 0.5) is 0 Å². The maximum absolute atomic E-state index is 10.9. The topological polar surface area (TPSA) is 39.2 Å². The zero-order valence-electron chi connectivity index (χ0n) is 19.7. The van der Waals surface area contributed by atoms with E-state index in [1.165, 1.54) is 16.3 Å². The summed E-state index contributed by atoms with van der Waals surface area (Å²) in [5.41, 5.74) is 5.33. The molecule has 0 N–H and O–H groups in total. The third-order valence-corrected chi connectivity index (χ3v) is 4.75. The highest BCUT2D eigenvalue weighted by molar-refractivity contribution is 5.88. The molecule has 0 amide bonds. The summed E-state index contributed by atoms with van der Waals surface area (Å²) in [6.07, 6.45) is 4.68. The van der Waals surface area contributed by atoms with Crippen LogP contribution in [0.2, 0.25) is 0 Å². The Hall–Kier alpha value is -3.20. The predicted octanol–water partition coefficient (Wildman–Crippen LogP) is 7.42. The van der Waals surface area contributed by atoms with Gasteiger partial charge >= 0.3 is 5.97 Å². The van der Waals surface area contributed by atoms with Gasteiger partial charge in [-0.2, -0.15) is 0 Å². The fourth-order valence-corrected chi connectivity index (χ4v) is 2.66. The van der Waals surface area contributed by atoms with Gasteiger partial charge in [0, 0.05) is 18.0 Å². The first-order valence-electron chi connectivity index (χ1n) is 10.7. The summed E-state index contributed by atoms with van der Waals surface area (Å²) in [5, 5.41) is 2.74. The first-order valence-corrected chi connectivity index (χ1v) is 10.7. The van der Waals surface area contributed by atoms with Crippen molar-refractivity contribution in [2.45, 2.75) is 48.0 Å². The Bertz CT molecular complexity index is 994. The zero-order chi connectivity index (χ0) is 23.2. The molecule has 0 spiro atoms. The van der Waals surface area contributed by atoms with Crippen LogP contribution in [-0.2, 0) is 16.0 Å². The third kappa shape index (κ3) is 9.00. The van der Waals surface area contributed by atoms with Crippen LogP contribution in [0.3, 0.4) is 0 Å². The Morgan fingerprint density at radius 3 is 2.13 bits per heavy atom. The van der Waals surface area contributed by atoms with Crippen LogP contribution in [0, 0.1) is 0 Å². The number of rotatable bonds is 4. The summed E-state index contributed by atoms with van der Waals surface area (Å²) >= 11 is 0. The Labute approximate surface area is 187 Å². The standard InChI is InChI=1S/C12H12.C8H9N.C8H14O2/c1-2-10-7-5-8-11-6-3-4-9-12(10)11;1-7(2)8-4-3-5-9-6-8;1-5-10-8(9)7(4)6(2)3/h3-9H,2H2,1H3;3-6H,1H2,2H3;5H2,1-4H3. The van der Waals surface area contributed by atoms with Gasteiger partial charge in [0.2, 0.25) is 0 Å². The van der Waals surface area contributed by atoms with E-state index in [4.69, 9.17) is 4.74 Å². The Morgan fingerprint density at radius 1 is 0.935 bits per heavy atom. The quantitative estimate of drug-likeness (QED) is 0.327. The molecule has 3 aromatic rings. The van der Waals surface area contributed by atoms with E-state index in [-0.39, 0.29) is 5.97 Å². The maximum atomic E-state index is 10.9. The normalized spacial score (nSPS) is 9.48.